The molecule has 4 nitrogen and oxygen atoms in total. The first-order valence-corrected chi connectivity index (χ1v) is 9.73. The van der Waals surface area contributed by atoms with Crippen LogP contribution in [-0.2, 0) is 16.6 Å². The summed E-state index contributed by atoms with van der Waals surface area (Å²) in [7, 11) is -2.33. The largest absolute Gasteiger partial charge is 0.495 e. The third kappa shape index (κ3) is 3.73. The Kier molecular flexibility index (Phi) is 5.28. The van der Waals surface area contributed by atoms with Gasteiger partial charge in [0.1, 0.15) is 10.6 Å². The molecule has 0 aromatic heterocycles. The van der Waals surface area contributed by atoms with E-state index < -0.39 is 10.0 Å². The van der Waals surface area contributed by atoms with Crippen LogP contribution in [0.3, 0.4) is 0 Å². The van der Waals surface area contributed by atoms with Gasteiger partial charge in [-0.05, 0) is 42.3 Å². The Morgan fingerprint density at radius 1 is 0.885 bits per heavy atom. The fourth-order valence-electron chi connectivity index (χ4n) is 2.76. The zero-order chi connectivity index (χ0) is 18.6. The van der Waals surface area contributed by atoms with Crippen LogP contribution in [0.2, 0.25) is 0 Å². The van der Waals surface area contributed by atoms with Crippen molar-refractivity contribution < 1.29 is 13.2 Å². The van der Waals surface area contributed by atoms with E-state index in [9.17, 15) is 8.42 Å². The summed E-state index contributed by atoms with van der Waals surface area (Å²) in [5.74, 6) is 0.338. The molecule has 0 saturated heterocycles. The minimum Gasteiger partial charge on any atom is -0.495 e. The molecule has 0 aliphatic rings. The standard InChI is InChI=1S/C21H21NO3S/c1-17-13-14-20(25-2)21(15-17)26(23,24)22(19-11-7-4-8-12-19)16-18-9-5-3-6-10-18/h3-15H,16H2,1-2H3. The molecule has 0 fully saturated rings. The molecule has 3 rings (SSSR count). The van der Waals surface area contributed by atoms with Gasteiger partial charge in [0.25, 0.3) is 10.0 Å². The molecule has 0 spiro atoms. The van der Waals surface area contributed by atoms with E-state index in [2.05, 4.69) is 0 Å². The molecule has 3 aromatic carbocycles. The Labute approximate surface area is 154 Å². The van der Waals surface area contributed by atoms with Crippen molar-refractivity contribution in [2.45, 2.75) is 18.4 Å². The smallest absolute Gasteiger partial charge is 0.268 e. The van der Waals surface area contributed by atoms with E-state index in [0.29, 0.717) is 11.4 Å². The minimum absolute atomic E-state index is 0.166. The molecular weight excluding hydrogens is 346 g/mol. The van der Waals surface area contributed by atoms with E-state index in [1.54, 1.807) is 24.3 Å². The third-order valence-electron chi connectivity index (χ3n) is 4.10. The first-order valence-electron chi connectivity index (χ1n) is 8.29. The zero-order valence-corrected chi connectivity index (χ0v) is 15.6. The summed E-state index contributed by atoms with van der Waals surface area (Å²) in [4.78, 5) is 0.166. The Bertz CT molecular complexity index is 971. The molecule has 0 unspecified atom stereocenters. The summed E-state index contributed by atoms with van der Waals surface area (Å²) < 4.78 is 33.8. The van der Waals surface area contributed by atoms with Gasteiger partial charge < -0.3 is 4.74 Å². The molecule has 0 amide bonds. The van der Waals surface area contributed by atoms with Gasteiger partial charge in [0.2, 0.25) is 0 Å². The summed E-state index contributed by atoms with van der Waals surface area (Å²) in [5.41, 5.74) is 2.38. The Morgan fingerprint density at radius 2 is 1.50 bits per heavy atom. The maximum atomic E-state index is 13.5. The van der Waals surface area contributed by atoms with Gasteiger partial charge >= 0.3 is 0 Å². The lowest BCUT2D eigenvalue weighted by Crippen LogP contribution is -2.31. The van der Waals surface area contributed by atoms with Crippen LogP contribution in [0.15, 0.2) is 83.8 Å². The molecule has 26 heavy (non-hydrogen) atoms. The average molecular weight is 367 g/mol. The van der Waals surface area contributed by atoms with Crippen LogP contribution >= 0.6 is 0 Å². The van der Waals surface area contributed by atoms with Gasteiger partial charge in [-0.3, -0.25) is 4.31 Å². The number of aryl methyl sites for hydroxylation is 1. The number of nitrogens with zero attached hydrogens (tertiary/aromatic N) is 1. The molecule has 5 heteroatoms. The van der Waals surface area contributed by atoms with Gasteiger partial charge in [-0.1, -0.05) is 54.6 Å². The van der Waals surface area contributed by atoms with Crippen LogP contribution in [0.4, 0.5) is 5.69 Å². The second kappa shape index (κ2) is 7.62. The van der Waals surface area contributed by atoms with Crippen molar-refractivity contribution in [2.24, 2.45) is 0 Å². The SMILES string of the molecule is COc1ccc(C)cc1S(=O)(=O)N(Cc1ccccc1)c1ccccc1. The number of benzene rings is 3. The van der Waals surface area contributed by atoms with Crippen molar-refractivity contribution in [1.82, 2.24) is 0 Å². The lowest BCUT2D eigenvalue weighted by Gasteiger charge is -2.25. The number of para-hydroxylation sites is 1. The highest BCUT2D eigenvalue weighted by Gasteiger charge is 2.28. The molecule has 0 aliphatic carbocycles. The zero-order valence-electron chi connectivity index (χ0n) is 14.8. The van der Waals surface area contributed by atoms with Crippen molar-refractivity contribution in [3.63, 3.8) is 0 Å². The topological polar surface area (TPSA) is 46.6 Å². The number of hydrogen-bond acceptors (Lipinski definition) is 3. The number of anilines is 1. The van der Waals surface area contributed by atoms with Gasteiger partial charge in [-0.25, -0.2) is 8.42 Å². The van der Waals surface area contributed by atoms with Crippen LogP contribution in [0, 0.1) is 6.92 Å². The van der Waals surface area contributed by atoms with Crippen LogP contribution in [-0.4, -0.2) is 15.5 Å². The van der Waals surface area contributed by atoms with Crippen LogP contribution in [0.5, 0.6) is 5.75 Å². The second-order valence-electron chi connectivity index (χ2n) is 5.99. The molecule has 0 saturated carbocycles. The molecule has 0 bridgehead atoms. The molecule has 134 valence electrons. The highest BCUT2D eigenvalue weighted by molar-refractivity contribution is 7.92. The Morgan fingerprint density at radius 3 is 2.12 bits per heavy atom. The van der Waals surface area contributed by atoms with Crippen LogP contribution < -0.4 is 9.04 Å². The van der Waals surface area contributed by atoms with Crippen LogP contribution in [0.25, 0.3) is 0 Å². The van der Waals surface area contributed by atoms with E-state index in [1.807, 2.05) is 61.5 Å². The fraction of sp³-hybridized carbons (Fsp3) is 0.143. The predicted molar refractivity (Wildman–Crippen MR) is 104 cm³/mol. The third-order valence-corrected chi connectivity index (χ3v) is 5.90. The number of sulfonamides is 1. The van der Waals surface area contributed by atoms with Gasteiger partial charge in [0, 0.05) is 0 Å². The van der Waals surface area contributed by atoms with Gasteiger partial charge in [0.15, 0.2) is 0 Å². The monoisotopic (exact) mass is 367 g/mol. The van der Waals surface area contributed by atoms with Gasteiger partial charge in [-0.2, -0.15) is 0 Å². The summed E-state index contributed by atoms with van der Waals surface area (Å²) in [6.07, 6.45) is 0. The maximum absolute atomic E-state index is 13.5. The Balaban J connectivity index is 2.13. The number of hydrogen-bond donors (Lipinski definition) is 0. The van der Waals surface area contributed by atoms with E-state index in [1.165, 1.54) is 11.4 Å². The molecule has 0 aliphatic heterocycles. The molecule has 0 N–H and O–H groups in total. The first-order chi connectivity index (χ1) is 12.5. The highest BCUT2D eigenvalue weighted by Crippen LogP contribution is 2.31. The van der Waals surface area contributed by atoms with Crippen molar-refractivity contribution in [3.05, 3.63) is 90.0 Å². The van der Waals surface area contributed by atoms with Gasteiger partial charge in [-0.15, -0.1) is 0 Å². The average Bonchev–Trinajstić information content (AvgIpc) is 2.67. The summed E-state index contributed by atoms with van der Waals surface area (Å²) >= 11 is 0. The van der Waals surface area contributed by atoms with Crippen molar-refractivity contribution in [3.8, 4) is 5.75 Å². The summed E-state index contributed by atoms with van der Waals surface area (Å²) in [6.45, 7) is 2.10. The Hall–Kier alpha value is -2.79. The van der Waals surface area contributed by atoms with Crippen molar-refractivity contribution in [1.29, 1.82) is 0 Å². The first kappa shape index (κ1) is 18.0. The van der Waals surface area contributed by atoms with Gasteiger partial charge in [0.05, 0.1) is 19.3 Å². The quantitative estimate of drug-likeness (QED) is 0.649. The highest BCUT2D eigenvalue weighted by atomic mass is 32.2. The van der Waals surface area contributed by atoms with E-state index in [-0.39, 0.29) is 11.4 Å². The number of methoxy groups -OCH3 is 1. The molecule has 3 aromatic rings. The molecule has 0 atom stereocenters. The summed E-state index contributed by atoms with van der Waals surface area (Å²) in [6, 6.07) is 23.8. The number of rotatable bonds is 6. The fourth-order valence-corrected chi connectivity index (χ4v) is 4.46. The summed E-state index contributed by atoms with van der Waals surface area (Å²) in [5, 5.41) is 0. The van der Waals surface area contributed by atoms with E-state index >= 15 is 0 Å². The lowest BCUT2D eigenvalue weighted by atomic mass is 10.2. The molecular formula is C21H21NO3S. The van der Waals surface area contributed by atoms with Crippen LogP contribution in [0.1, 0.15) is 11.1 Å². The molecule has 0 heterocycles. The van der Waals surface area contributed by atoms with Crippen molar-refractivity contribution >= 4 is 15.7 Å². The normalized spacial score (nSPS) is 11.2. The van der Waals surface area contributed by atoms with E-state index in [0.717, 1.165) is 11.1 Å². The second-order valence-corrected chi connectivity index (χ2v) is 7.82. The lowest BCUT2D eigenvalue weighted by molar-refractivity contribution is 0.402. The predicted octanol–water partition coefficient (Wildman–Crippen LogP) is 4.40. The molecule has 0 radical (unpaired) electrons. The number of ether oxygens (including phenoxy) is 1. The van der Waals surface area contributed by atoms with Crippen molar-refractivity contribution in [2.75, 3.05) is 11.4 Å². The van der Waals surface area contributed by atoms with E-state index in [4.69, 9.17) is 4.74 Å². The maximum Gasteiger partial charge on any atom is 0.268 e. The minimum atomic E-state index is -3.81.